The molecular weight excluding hydrogens is 458 g/mol. The van der Waals surface area contributed by atoms with Crippen LogP contribution in [0.4, 0.5) is 11.6 Å². The Labute approximate surface area is 202 Å². The SMILES string of the molecule is O=c1nc(Nc2ccc(OC3CCNCC3)cc2)n(Cc2ccc(Cl)cc2)c(=O)n1CCCO. The second kappa shape index (κ2) is 11.3. The summed E-state index contributed by atoms with van der Waals surface area (Å²) in [6, 6.07) is 14.5. The fraction of sp³-hybridized carbons (Fsp3) is 0.375. The highest BCUT2D eigenvalue weighted by Crippen LogP contribution is 2.21. The minimum absolute atomic E-state index is 0.0881. The molecule has 0 spiro atoms. The second-order valence-electron chi connectivity index (χ2n) is 8.16. The van der Waals surface area contributed by atoms with Gasteiger partial charge in [0.15, 0.2) is 0 Å². The molecule has 0 atom stereocenters. The van der Waals surface area contributed by atoms with Gasteiger partial charge in [0, 0.05) is 23.9 Å². The second-order valence-corrected chi connectivity index (χ2v) is 8.59. The predicted molar refractivity (Wildman–Crippen MR) is 131 cm³/mol. The van der Waals surface area contributed by atoms with E-state index >= 15 is 0 Å². The van der Waals surface area contributed by atoms with Crippen molar-refractivity contribution in [2.24, 2.45) is 0 Å². The first-order chi connectivity index (χ1) is 16.5. The number of hydrogen-bond donors (Lipinski definition) is 3. The number of benzene rings is 2. The number of nitrogens with one attached hydrogen (secondary N) is 2. The fourth-order valence-electron chi connectivity index (χ4n) is 3.81. The van der Waals surface area contributed by atoms with Crippen molar-refractivity contribution in [1.29, 1.82) is 0 Å². The van der Waals surface area contributed by atoms with Crippen LogP contribution in [0.25, 0.3) is 0 Å². The number of aliphatic hydroxyl groups excluding tert-OH is 1. The lowest BCUT2D eigenvalue weighted by molar-refractivity contribution is 0.162. The van der Waals surface area contributed by atoms with Gasteiger partial charge in [0.05, 0.1) is 6.54 Å². The Morgan fingerprint density at radius 2 is 1.76 bits per heavy atom. The van der Waals surface area contributed by atoms with Crippen molar-refractivity contribution in [3.05, 3.63) is 80.1 Å². The average molecular weight is 486 g/mol. The van der Waals surface area contributed by atoms with Gasteiger partial charge in [-0.25, -0.2) is 14.2 Å². The molecule has 180 valence electrons. The molecular formula is C24H28ClN5O4. The maximum Gasteiger partial charge on any atom is 0.354 e. The lowest BCUT2D eigenvalue weighted by Gasteiger charge is -2.24. The third-order valence-corrected chi connectivity index (χ3v) is 5.90. The van der Waals surface area contributed by atoms with E-state index in [2.05, 4.69) is 15.6 Å². The van der Waals surface area contributed by atoms with Crippen molar-refractivity contribution < 1.29 is 9.84 Å². The number of anilines is 2. The largest absolute Gasteiger partial charge is 0.490 e. The fourth-order valence-corrected chi connectivity index (χ4v) is 3.94. The summed E-state index contributed by atoms with van der Waals surface area (Å²) in [5.74, 6) is 0.903. The minimum Gasteiger partial charge on any atom is -0.490 e. The van der Waals surface area contributed by atoms with Crippen LogP contribution >= 0.6 is 11.6 Å². The Kier molecular flexibility index (Phi) is 7.99. The van der Waals surface area contributed by atoms with Crippen LogP contribution in [0.15, 0.2) is 58.1 Å². The summed E-state index contributed by atoms with van der Waals surface area (Å²) in [7, 11) is 0. The molecule has 10 heteroatoms. The normalized spacial score (nSPS) is 14.2. The van der Waals surface area contributed by atoms with Gasteiger partial charge in [0.25, 0.3) is 0 Å². The first-order valence-electron chi connectivity index (χ1n) is 11.3. The van der Waals surface area contributed by atoms with Crippen molar-refractivity contribution in [2.45, 2.75) is 38.5 Å². The van der Waals surface area contributed by atoms with Crippen LogP contribution in [0.2, 0.25) is 5.02 Å². The van der Waals surface area contributed by atoms with E-state index in [1.807, 2.05) is 36.4 Å². The summed E-state index contributed by atoms with van der Waals surface area (Å²) in [4.78, 5) is 29.8. The maximum absolute atomic E-state index is 13.2. The van der Waals surface area contributed by atoms with Gasteiger partial charge in [-0.05, 0) is 74.3 Å². The van der Waals surface area contributed by atoms with Crippen molar-refractivity contribution in [1.82, 2.24) is 19.4 Å². The van der Waals surface area contributed by atoms with Crippen molar-refractivity contribution in [3.63, 3.8) is 0 Å². The molecule has 1 fully saturated rings. The van der Waals surface area contributed by atoms with E-state index < -0.39 is 11.4 Å². The van der Waals surface area contributed by atoms with Gasteiger partial charge in [-0.3, -0.25) is 4.57 Å². The molecule has 4 rings (SSSR count). The number of aromatic nitrogens is 3. The summed E-state index contributed by atoms with van der Waals surface area (Å²) in [6.45, 7) is 2.05. The van der Waals surface area contributed by atoms with E-state index in [0.717, 1.165) is 41.8 Å². The highest BCUT2D eigenvalue weighted by Gasteiger charge is 2.16. The third-order valence-electron chi connectivity index (χ3n) is 5.64. The van der Waals surface area contributed by atoms with Crippen LogP contribution in [0.5, 0.6) is 5.75 Å². The van der Waals surface area contributed by atoms with E-state index in [0.29, 0.717) is 10.7 Å². The number of piperidine rings is 1. The van der Waals surface area contributed by atoms with E-state index in [9.17, 15) is 9.59 Å². The number of hydrogen-bond acceptors (Lipinski definition) is 7. The number of ether oxygens (including phenoxy) is 1. The third kappa shape index (κ3) is 6.05. The molecule has 3 N–H and O–H groups in total. The van der Waals surface area contributed by atoms with Crippen LogP contribution < -0.4 is 26.7 Å². The van der Waals surface area contributed by atoms with E-state index in [-0.39, 0.29) is 38.2 Å². The van der Waals surface area contributed by atoms with Gasteiger partial charge < -0.3 is 20.5 Å². The Balaban J connectivity index is 1.59. The summed E-state index contributed by atoms with van der Waals surface area (Å²) in [5.41, 5.74) is 0.326. The molecule has 1 aliphatic heterocycles. The molecule has 3 aromatic rings. The molecule has 2 heterocycles. The van der Waals surface area contributed by atoms with Gasteiger partial charge in [0.1, 0.15) is 11.9 Å². The van der Waals surface area contributed by atoms with Crippen molar-refractivity contribution >= 4 is 23.2 Å². The molecule has 0 radical (unpaired) electrons. The van der Waals surface area contributed by atoms with E-state index in [1.54, 1.807) is 12.1 Å². The molecule has 2 aromatic carbocycles. The minimum atomic E-state index is -0.667. The zero-order chi connectivity index (χ0) is 23.9. The first kappa shape index (κ1) is 24.0. The first-order valence-corrected chi connectivity index (χ1v) is 11.7. The van der Waals surface area contributed by atoms with Gasteiger partial charge in [-0.15, -0.1) is 0 Å². The summed E-state index contributed by atoms with van der Waals surface area (Å²) < 4.78 is 8.48. The Hall–Kier alpha value is -3.14. The van der Waals surface area contributed by atoms with Crippen molar-refractivity contribution in [3.8, 4) is 5.75 Å². The smallest absolute Gasteiger partial charge is 0.354 e. The quantitative estimate of drug-likeness (QED) is 0.426. The topological polar surface area (TPSA) is 110 Å². The predicted octanol–water partition coefficient (Wildman–Crippen LogP) is 2.36. The zero-order valence-corrected chi connectivity index (χ0v) is 19.5. The zero-order valence-electron chi connectivity index (χ0n) is 18.7. The lowest BCUT2D eigenvalue weighted by Crippen LogP contribution is -2.42. The number of rotatable bonds is 9. The van der Waals surface area contributed by atoms with E-state index in [1.165, 1.54) is 4.57 Å². The number of nitrogens with zero attached hydrogens (tertiary/aromatic N) is 3. The molecule has 0 aliphatic carbocycles. The molecule has 1 aromatic heterocycles. The van der Waals surface area contributed by atoms with Gasteiger partial charge in [-0.2, -0.15) is 4.98 Å². The van der Waals surface area contributed by atoms with Crippen LogP contribution in [0, 0.1) is 0 Å². The maximum atomic E-state index is 13.2. The Bertz CT molecular complexity index is 1200. The molecule has 0 unspecified atom stereocenters. The molecule has 0 bridgehead atoms. The molecule has 0 saturated carbocycles. The van der Waals surface area contributed by atoms with Gasteiger partial charge in [0.2, 0.25) is 5.95 Å². The monoisotopic (exact) mass is 485 g/mol. The number of aliphatic hydroxyl groups is 1. The average Bonchev–Trinajstić information content (AvgIpc) is 2.84. The van der Waals surface area contributed by atoms with Crippen LogP contribution in [-0.4, -0.2) is 45.0 Å². The van der Waals surface area contributed by atoms with Gasteiger partial charge in [-0.1, -0.05) is 23.7 Å². The Morgan fingerprint density at radius 1 is 1.06 bits per heavy atom. The molecule has 9 nitrogen and oxygen atoms in total. The van der Waals surface area contributed by atoms with Crippen LogP contribution in [0.3, 0.4) is 0 Å². The molecule has 1 saturated heterocycles. The summed E-state index contributed by atoms with van der Waals surface area (Å²) in [5, 5.41) is 16.1. The highest BCUT2D eigenvalue weighted by atomic mass is 35.5. The van der Waals surface area contributed by atoms with Crippen molar-refractivity contribution in [2.75, 3.05) is 25.0 Å². The molecule has 0 amide bonds. The standard InChI is InChI=1S/C24H28ClN5O4/c25-18-4-2-17(3-5-18)16-30-22(28-23(32)29(24(30)33)14-1-15-31)27-19-6-8-20(9-7-19)34-21-10-12-26-13-11-21/h2-9,21,26,31H,1,10-16H2,(H,27,28,32). The summed E-state index contributed by atoms with van der Waals surface area (Å²) >= 11 is 5.99. The molecule has 34 heavy (non-hydrogen) atoms. The van der Waals surface area contributed by atoms with Crippen LogP contribution in [0.1, 0.15) is 24.8 Å². The van der Waals surface area contributed by atoms with Gasteiger partial charge >= 0.3 is 11.4 Å². The highest BCUT2D eigenvalue weighted by molar-refractivity contribution is 6.30. The van der Waals surface area contributed by atoms with Crippen LogP contribution in [-0.2, 0) is 13.1 Å². The lowest BCUT2D eigenvalue weighted by atomic mass is 10.1. The molecule has 1 aliphatic rings. The van der Waals surface area contributed by atoms with E-state index in [4.69, 9.17) is 21.4 Å². The Morgan fingerprint density at radius 3 is 2.44 bits per heavy atom. The number of halogens is 1. The summed E-state index contributed by atoms with van der Waals surface area (Å²) in [6.07, 6.45) is 2.40.